The fourth-order valence-corrected chi connectivity index (χ4v) is 3.13. The van der Waals surface area contributed by atoms with Crippen LogP contribution in [0.1, 0.15) is 33.6 Å². The third kappa shape index (κ3) is 4.44. The molecule has 7 heteroatoms. The molecule has 2 rings (SSSR count). The molecule has 1 aromatic rings. The van der Waals surface area contributed by atoms with Gasteiger partial charge in [0.05, 0.1) is 3.57 Å². The van der Waals surface area contributed by atoms with Crippen molar-refractivity contribution in [3.05, 3.63) is 16.1 Å². The largest absolute Gasteiger partial charge is 0.444 e. The predicted octanol–water partition coefficient (Wildman–Crippen LogP) is 2.92. The monoisotopic (exact) mass is 418 g/mol. The Morgan fingerprint density at radius 2 is 2.05 bits per heavy atom. The van der Waals surface area contributed by atoms with Crippen LogP contribution in [0.3, 0.4) is 0 Å². The molecule has 0 aliphatic carbocycles. The van der Waals surface area contributed by atoms with E-state index in [0.29, 0.717) is 0 Å². The molecule has 1 amide bonds. The standard InChI is InChI=1S/C15H23IN4O2/c1-15(2,3)22-14(21)19(4)11-5-7-20(8-6-11)13-12(16)9-17-10-18-13/h9-11H,5-8H2,1-4H3. The van der Waals surface area contributed by atoms with E-state index in [0.717, 1.165) is 35.3 Å². The first kappa shape index (κ1) is 17.2. The highest BCUT2D eigenvalue weighted by Crippen LogP contribution is 2.24. The molecule has 1 aromatic heterocycles. The number of aromatic nitrogens is 2. The maximum Gasteiger partial charge on any atom is 0.410 e. The summed E-state index contributed by atoms with van der Waals surface area (Å²) in [6.07, 6.45) is 4.98. The third-order valence-electron chi connectivity index (χ3n) is 3.64. The van der Waals surface area contributed by atoms with Gasteiger partial charge in [0.15, 0.2) is 0 Å². The lowest BCUT2D eigenvalue weighted by Crippen LogP contribution is -2.47. The molecule has 0 radical (unpaired) electrons. The zero-order chi connectivity index (χ0) is 16.3. The Balaban J connectivity index is 1.92. The highest BCUT2D eigenvalue weighted by Gasteiger charge is 2.29. The molecule has 1 aliphatic heterocycles. The molecule has 1 fully saturated rings. The number of ether oxygens (including phenoxy) is 1. The van der Waals surface area contributed by atoms with Crippen molar-refractivity contribution in [1.29, 1.82) is 0 Å². The summed E-state index contributed by atoms with van der Waals surface area (Å²) in [5, 5.41) is 0. The average Bonchev–Trinajstić information content (AvgIpc) is 2.45. The second-order valence-corrected chi connectivity index (χ2v) is 7.67. The van der Waals surface area contributed by atoms with E-state index in [1.165, 1.54) is 0 Å². The zero-order valence-electron chi connectivity index (χ0n) is 13.5. The van der Waals surface area contributed by atoms with Crippen molar-refractivity contribution in [2.45, 2.75) is 45.3 Å². The zero-order valence-corrected chi connectivity index (χ0v) is 15.7. The predicted molar refractivity (Wildman–Crippen MR) is 94.0 cm³/mol. The minimum absolute atomic E-state index is 0.214. The van der Waals surface area contributed by atoms with Gasteiger partial charge >= 0.3 is 6.09 Å². The van der Waals surface area contributed by atoms with Crippen molar-refractivity contribution in [2.24, 2.45) is 0 Å². The highest BCUT2D eigenvalue weighted by molar-refractivity contribution is 14.1. The Morgan fingerprint density at radius 1 is 1.41 bits per heavy atom. The smallest absolute Gasteiger partial charge is 0.410 e. The van der Waals surface area contributed by atoms with Crippen molar-refractivity contribution in [2.75, 3.05) is 25.0 Å². The Bertz CT molecular complexity index is 525. The van der Waals surface area contributed by atoms with Crippen LogP contribution in [0.4, 0.5) is 10.6 Å². The van der Waals surface area contributed by atoms with Gasteiger partial charge in [-0.1, -0.05) is 0 Å². The minimum Gasteiger partial charge on any atom is -0.444 e. The van der Waals surface area contributed by atoms with Gasteiger partial charge in [-0.15, -0.1) is 0 Å². The number of piperidine rings is 1. The topological polar surface area (TPSA) is 58.6 Å². The fraction of sp³-hybridized carbons (Fsp3) is 0.667. The van der Waals surface area contributed by atoms with E-state index < -0.39 is 5.60 Å². The Kier molecular flexibility index (Phi) is 5.46. The van der Waals surface area contributed by atoms with Gasteiger partial charge < -0.3 is 14.5 Å². The summed E-state index contributed by atoms with van der Waals surface area (Å²) in [7, 11) is 1.82. The van der Waals surface area contributed by atoms with Gasteiger partial charge in [-0.25, -0.2) is 14.8 Å². The number of halogens is 1. The normalized spacial score (nSPS) is 16.5. The van der Waals surface area contributed by atoms with Crippen LogP contribution in [0.25, 0.3) is 0 Å². The first-order chi connectivity index (χ1) is 10.3. The average molecular weight is 418 g/mol. The second-order valence-electron chi connectivity index (χ2n) is 6.50. The van der Waals surface area contributed by atoms with Crippen LogP contribution in [-0.4, -0.2) is 52.7 Å². The maximum atomic E-state index is 12.1. The van der Waals surface area contributed by atoms with Crippen LogP contribution < -0.4 is 4.90 Å². The summed E-state index contributed by atoms with van der Waals surface area (Å²) in [5.41, 5.74) is -0.455. The summed E-state index contributed by atoms with van der Waals surface area (Å²) in [6.45, 7) is 7.42. The number of carbonyl (C=O) groups excluding carboxylic acids is 1. The summed E-state index contributed by atoms with van der Waals surface area (Å²) in [5.74, 6) is 0.981. The van der Waals surface area contributed by atoms with Crippen LogP contribution in [0.5, 0.6) is 0 Å². The first-order valence-corrected chi connectivity index (χ1v) is 8.52. The number of rotatable bonds is 2. The van der Waals surface area contributed by atoms with Crippen molar-refractivity contribution in [3.8, 4) is 0 Å². The van der Waals surface area contributed by atoms with Gasteiger partial charge in [-0.3, -0.25) is 0 Å². The SMILES string of the molecule is CN(C(=O)OC(C)(C)C)C1CCN(c2ncncc2I)CC1. The molecule has 1 aliphatic rings. The van der Waals surface area contributed by atoms with Gasteiger partial charge in [0.2, 0.25) is 0 Å². The van der Waals surface area contributed by atoms with E-state index in [4.69, 9.17) is 4.74 Å². The van der Waals surface area contributed by atoms with Crippen LogP contribution in [0.15, 0.2) is 12.5 Å². The highest BCUT2D eigenvalue weighted by atomic mass is 127. The van der Waals surface area contributed by atoms with E-state index in [2.05, 4.69) is 37.5 Å². The summed E-state index contributed by atoms with van der Waals surface area (Å²) in [6, 6.07) is 0.214. The molecule has 0 bridgehead atoms. The van der Waals surface area contributed by atoms with Crippen molar-refractivity contribution in [3.63, 3.8) is 0 Å². The number of hydrogen-bond acceptors (Lipinski definition) is 5. The minimum atomic E-state index is -0.455. The molecule has 0 atom stereocenters. The molecular weight excluding hydrogens is 395 g/mol. The Labute approximate surface area is 145 Å². The molecule has 0 N–H and O–H groups in total. The van der Waals surface area contributed by atoms with Gasteiger partial charge in [0.25, 0.3) is 0 Å². The molecule has 22 heavy (non-hydrogen) atoms. The Morgan fingerprint density at radius 3 is 2.59 bits per heavy atom. The lowest BCUT2D eigenvalue weighted by molar-refractivity contribution is 0.0201. The summed E-state index contributed by atoms with van der Waals surface area (Å²) >= 11 is 2.26. The molecule has 2 heterocycles. The van der Waals surface area contributed by atoms with Gasteiger partial charge in [0, 0.05) is 32.4 Å². The van der Waals surface area contributed by atoms with Crippen molar-refractivity contribution in [1.82, 2.24) is 14.9 Å². The summed E-state index contributed by atoms with van der Waals surface area (Å²) < 4.78 is 6.49. The van der Waals surface area contributed by atoms with E-state index in [1.807, 2.05) is 34.0 Å². The molecule has 0 unspecified atom stereocenters. The van der Waals surface area contributed by atoms with E-state index in [-0.39, 0.29) is 12.1 Å². The van der Waals surface area contributed by atoms with E-state index in [1.54, 1.807) is 11.2 Å². The Hall–Kier alpha value is -1.12. The number of carbonyl (C=O) groups is 1. The van der Waals surface area contributed by atoms with Crippen molar-refractivity contribution < 1.29 is 9.53 Å². The first-order valence-electron chi connectivity index (χ1n) is 7.44. The maximum absolute atomic E-state index is 12.1. The molecule has 1 saturated heterocycles. The lowest BCUT2D eigenvalue weighted by atomic mass is 10.0. The molecule has 122 valence electrons. The van der Waals surface area contributed by atoms with Crippen LogP contribution in [0.2, 0.25) is 0 Å². The fourth-order valence-electron chi connectivity index (χ4n) is 2.49. The van der Waals surface area contributed by atoms with Crippen molar-refractivity contribution >= 4 is 34.5 Å². The molecule has 6 nitrogen and oxygen atoms in total. The number of nitrogens with zero attached hydrogens (tertiary/aromatic N) is 4. The van der Waals surface area contributed by atoms with Crippen LogP contribution in [-0.2, 0) is 4.74 Å². The van der Waals surface area contributed by atoms with Crippen LogP contribution >= 0.6 is 22.6 Å². The number of anilines is 1. The molecule has 0 spiro atoms. The second kappa shape index (κ2) is 6.97. The summed E-state index contributed by atoms with van der Waals surface area (Å²) in [4.78, 5) is 24.5. The van der Waals surface area contributed by atoms with Gasteiger partial charge in [-0.2, -0.15) is 0 Å². The van der Waals surface area contributed by atoms with Gasteiger partial charge in [0.1, 0.15) is 17.7 Å². The number of hydrogen-bond donors (Lipinski definition) is 0. The van der Waals surface area contributed by atoms with Crippen LogP contribution in [0, 0.1) is 3.57 Å². The third-order valence-corrected chi connectivity index (χ3v) is 4.40. The molecule has 0 saturated carbocycles. The van der Waals surface area contributed by atoms with E-state index >= 15 is 0 Å². The quantitative estimate of drug-likeness (QED) is 0.692. The molecular formula is C15H23IN4O2. The number of amides is 1. The molecule has 0 aromatic carbocycles. The lowest BCUT2D eigenvalue weighted by Gasteiger charge is -2.37. The van der Waals surface area contributed by atoms with Gasteiger partial charge in [-0.05, 0) is 56.2 Å². The van der Waals surface area contributed by atoms with E-state index in [9.17, 15) is 4.79 Å².